The molecule has 0 spiro atoms. The highest BCUT2D eigenvalue weighted by Crippen LogP contribution is 2.52. The normalized spacial score (nSPS) is 31.1. The van der Waals surface area contributed by atoms with Crippen LogP contribution in [0, 0.1) is 10.8 Å². The first kappa shape index (κ1) is 15.5. The molecule has 2 N–H and O–H groups in total. The Hall–Kier alpha value is -1.35. The second-order valence-electron chi connectivity index (χ2n) is 8.38. The van der Waals surface area contributed by atoms with Crippen molar-refractivity contribution >= 4 is 5.91 Å². The van der Waals surface area contributed by atoms with Crippen molar-refractivity contribution in [3.8, 4) is 0 Å². The predicted octanol–water partition coefficient (Wildman–Crippen LogP) is 3.16. The third-order valence-corrected chi connectivity index (χ3v) is 5.43. The summed E-state index contributed by atoms with van der Waals surface area (Å²) >= 11 is 0. The summed E-state index contributed by atoms with van der Waals surface area (Å²) < 4.78 is 0. The van der Waals surface area contributed by atoms with E-state index in [4.69, 9.17) is 5.73 Å². The second kappa shape index (κ2) is 5.38. The third kappa shape index (κ3) is 2.79. The van der Waals surface area contributed by atoms with Gasteiger partial charge in [0.1, 0.15) is 0 Å². The molecule has 0 radical (unpaired) electrons. The molecule has 1 aliphatic heterocycles. The summed E-state index contributed by atoms with van der Waals surface area (Å²) in [5.74, 6) is 0.0207. The maximum Gasteiger partial charge on any atom is 0.231 e. The van der Waals surface area contributed by atoms with Gasteiger partial charge in [0.25, 0.3) is 0 Å². The Morgan fingerprint density at radius 1 is 1.27 bits per heavy atom. The van der Waals surface area contributed by atoms with E-state index in [1.807, 2.05) is 30.3 Å². The lowest BCUT2D eigenvalue weighted by atomic mass is 9.65. The summed E-state index contributed by atoms with van der Waals surface area (Å²) in [6.45, 7) is 8.29. The lowest BCUT2D eigenvalue weighted by Crippen LogP contribution is -2.42. The lowest BCUT2D eigenvalue weighted by molar-refractivity contribution is -0.133. The molecule has 3 heteroatoms. The number of hydrogen-bond donors (Lipinski definition) is 1. The number of rotatable bonds is 3. The molecule has 3 atom stereocenters. The van der Waals surface area contributed by atoms with Crippen LogP contribution in [0.3, 0.4) is 0 Å². The SMILES string of the molecule is CC1(C)CC2CC(C)(CN2C(=O)C(CN)c2ccccc2)C1. The van der Waals surface area contributed by atoms with Crippen LogP contribution >= 0.6 is 0 Å². The molecule has 1 aliphatic carbocycles. The Kier molecular flexibility index (Phi) is 3.80. The van der Waals surface area contributed by atoms with Crippen LogP contribution in [0.25, 0.3) is 0 Å². The van der Waals surface area contributed by atoms with Crippen LogP contribution in [0.4, 0.5) is 0 Å². The zero-order chi connectivity index (χ0) is 16.0. The summed E-state index contributed by atoms with van der Waals surface area (Å²) in [7, 11) is 0. The van der Waals surface area contributed by atoms with Gasteiger partial charge >= 0.3 is 0 Å². The van der Waals surface area contributed by atoms with Gasteiger partial charge in [0.15, 0.2) is 0 Å². The quantitative estimate of drug-likeness (QED) is 0.932. The first-order valence-electron chi connectivity index (χ1n) is 8.39. The van der Waals surface area contributed by atoms with Gasteiger partial charge in [-0.1, -0.05) is 51.1 Å². The van der Waals surface area contributed by atoms with E-state index in [0.29, 0.717) is 18.0 Å². The fourth-order valence-corrected chi connectivity index (χ4v) is 4.98. The van der Waals surface area contributed by atoms with E-state index in [1.54, 1.807) is 0 Å². The molecule has 1 saturated carbocycles. The minimum atomic E-state index is -0.202. The maximum atomic E-state index is 13.1. The van der Waals surface area contributed by atoms with Gasteiger partial charge in [-0.05, 0) is 35.7 Å². The number of nitrogens with zero attached hydrogens (tertiary/aromatic N) is 1. The fraction of sp³-hybridized carbons (Fsp3) is 0.632. The van der Waals surface area contributed by atoms with Crippen LogP contribution in [-0.2, 0) is 4.79 Å². The minimum Gasteiger partial charge on any atom is -0.339 e. The van der Waals surface area contributed by atoms with E-state index in [0.717, 1.165) is 24.9 Å². The van der Waals surface area contributed by atoms with Gasteiger partial charge in [0, 0.05) is 19.1 Å². The van der Waals surface area contributed by atoms with Crippen molar-refractivity contribution in [1.82, 2.24) is 4.90 Å². The maximum absolute atomic E-state index is 13.1. The molecule has 120 valence electrons. The monoisotopic (exact) mass is 300 g/mol. The number of carbonyl (C=O) groups excluding carboxylic acids is 1. The highest BCUT2D eigenvalue weighted by Gasteiger charge is 2.51. The minimum absolute atomic E-state index is 0.202. The smallest absolute Gasteiger partial charge is 0.231 e. The van der Waals surface area contributed by atoms with Crippen molar-refractivity contribution in [2.24, 2.45) is 16.6 Å². The molecule has 2 aliphatic rings. The van der Waals surface area contributed by atoms with Crippen molar-refractivity contribution in [1.29, 1.82) is 0 Å². The van der Waals surface area contributed by atoms with Crippen molar-refractivity contribution in [2.45, 2.75) is 52.0 Å². The molecule has 1 heterocycles. The Morgan fingerprint density at radius 3 is 2.59 bits per heavy atom. The van der Waals surface area contributed by atoms with Gasteiger partial charge in [0.2, 0.25) is 5.91 Å². The number of carbonyl (C=O) groups is 1. The number of fused-ring (bicyclic) bond motifs is 2. The Morgan fingerprint density at radius 2 is 1.95 bits per heavy atom. The number of nitrogens with two attached hydrogens (primary N) is 1. The van der Waals surface area contributed by atoms with Gasteiger partial charge in [-0.15, -0.1) is 0 Å². The molecule has 3 rings (SSSR count). The molecule has 1 amide bonds. The van der Waals surface area contributed by atoms with Crippen LogP contribution < -0.4 is 5.73 Å². The zero-order valence-electron chi connectivity index (χ0n) is 14.0. The fourth-order valence-electron chi connectivity index (χ4n) is 4.98. The highest BCUT2D eigenvalue weighted by molar-refractivity contribution is 5.84. The van der Waals surface area contributed by atoms with E-state index in [9.17, 15) is 4.79 Å². The second-order valence-corrected chi connectivity index (χ2v) is 8.38. The number of benzene rings is 1. The molecule has 1 aromatic rings. The van der Waals surface area contributed by atoms with Gasteiger partial charge in [0.05, 0.1) is 5.92 Å². The standard InChI is InChI=1S/C19H28N2O/c1-18(2)9-15-10-19(3,12-18)13-21(15)17(22)16(11-20)14-7-5-4-6-8-14/h4-8,15-16H,9-13,20H2,1-3H3. The molecule has 0 aromatic heterocycles. The molecular weight excluding hydrogens is 272 g/mol. The summed E-state index contributed by atoms with van der Waals surface area (Å²) in [5.41, 5.74) is 7.60. The molecule has 2 fully saturated rings. The largest absolute Gasteiger partial charge is 0.339 e. The van der Waals surface area contributed by atoms with Crippen LogP contribution in [0.2, 0.25) is 0 Å². The van der Waals surface area contributed by atoms with E-state index < -0.39 is 0 Å². The van der Waals surface area contributed by atoms with Crippen molar-refractivity contribution in [2.75, 3.05) is 13.1 Å². The van der Waals surface area contributed by atoms with Gasteiger partial charge in [-0.3, -0.25) is 4.79 Å². The van der Waals surface area contributed by atoms with Gasteiger partial charge < -0.3 is 10.6 Å². The zero-order valence-corrected chi connectivity index (χ0v) is 14.0. The Balaban J connectivity index is 1.84. The molecule has 1 aromatic carbocycles. The van der Waals surface area contributed by atoms with Crippen LogP contribution in [0.1, 0.15) is 51.5 Å². The predicted molar refractivity (Wildman–Crippen MR) is 89.5 cm³/mol. The molecule has 3 nitrogen and oxygen atoms in total. The summed E-state index contributed by atoms with van der Waals surface area (Å²) in [4.78, 5) is 15.3. The van der Waals surface area contributed by atoms with E-state index in [-0.39, 0.29) is 17.2 Å². The van der Waals surface area contributed by atoms with Crippen molar-refractivity contribution in [3.05, 3.63) is 35.9 Å². The molecule has 22 heavy (non-hydrogen) atoms. The summed E-state index contributed by atoms with van der Waals surface area (Å²) in [5, 5.41) is 0. The first-order valence-corrected chi connectivity index (χ1v) is 8.39. The van der Waals surface area contributed by atoms with Gasteiger partial charge in [-0.2, -0.15) is 0 Å². The number of likely N-dealkylation sites (tertiary alicyclic amines) is 1. The van der Waals surface area contributed by atoms with Crippen LogP contribution in [-0.4, -0.2) is 29.9 Å². The van der Waals surface area contributed by atoms with Crippen molar-refractivity contribution < 1.29 is 4.79 Å². The Labute approximate surface area is 133 Å². The summed E-state index contributed by atoms with van der Waals surface area (Å²) in [6, 6.07) is 10.4. The van der Waals surface area contributed by atoms with E-state index >= 15 is 0 Å². The van der Waals surface area contributed by atoms with Crippen LogP contribution in [0.5, 0.6) is 0 Å². The van der Waals surface area contributed by atoms with E-state index in [1.165, 1.54) is 6.42 Å². The molecular formula is C19H28N2O. The number of hydrogen-bond acceptors (Lipinski definition) is 2. The average Bonchev–Trinajstić information content (AvgIpc) is 2.70. The summed E-state index contributed by atoms with van der Waals surface area (Å²) in [6.07, 6.45) is 3.47. The molecule has 2 bridgehead atoms. The van der Waals surface area contributed by atoms with E-state index in [2.05, 4.69) is 25.7 Å². The molecule has 1 saturated heterocycles. The third-order valence-electron chi connectivity index (χ3n) is 5.43. The van der Waals surface area contributed by atoms with Gasteiger partial charge in [-0.25, -0.2) is 0 Å². The van der Waals surface area contributed by atoms with Crippen LogP contribution in [0.15, 0.2) is 30.3 Å². The van der Waals surface area contributed by atoms with Crippen molar-refractivity contribution in [3.63, 3.8) is 0 Å². The lowest BCUT2D eigenvalue weighted by Gasteiger charge is -2.39. The average molecular weight is 300 g/mol. The number of amides is 1. The first-order chi connectivity index (χ1) is 10.3. The molecule has 3 unspecified atom stereocenters. The Bertz CT molecular complexity index is 554. The topological polar surface area (TPSA) is 46.3 Å². The highest BCUT2D eigenvalue weighted by atomic mass is 16.2.